The molecule has 0 saturated heterocycles. The normalized spacial score (nSPS) is 10.2. The van der Waals surface area contributed by atoms with Crippen LogP contribution in [0.1, 0.15) is 11.3 Å². The summed E-state index contributed by atoms with van der Waals surface area (Å²) in [6.07, 6.45) is 5.38. The second kappa shape index (κ2) is 10.7. The number of nitrogens with zero attached hydrogens (tertiary/aromatic N) is 2. The highest BCUT2D eigenvalue weighted by molar-refractivity contribution is 6.27. The largest absolute Gasteiger partial charge is 0.489 e. The Kier molecular flexibility index (Phi) is 8.03. The summed E-state index contributed by atoms with van der Waals surface area (Å²) in [5, 5.41) is 16.0. The van der Waals surface area contributed by atoms with E-state index >= 15 is 0 Å². The van der Waals surface area contributed by atoms with E-state index in [1.165, 1.54) is 22.2 Å². The summed E-state index contributed by atoms with van der Waals surface area (Å²) in [6.45, 7) is 2.06. The van der Waals surface area contributed by atoms with Gasteiger partial charge in [-0.05, 0) is 36.9 Å². The molecule has 0 amide bonds. The first-order chi connectivity index (χ1) is 14.3. The number of carboxylic acid groups (broad SMARTS) is 2. The highest BCUT2D eigenvalue weighted by atomic mass is 16.5. The van der Waals surface area contributed by atoms with Gasteiger partial charge in [0.25, 0.3) is 0 Å². The van der Waals surface area contributed by atoms with E-state index in [1.807, 2.05) is 31.3 Å². The van der Waals surface area contributed by atoms with E-state index in [0.29, 0.717) is 13.2 Å². The zero-order chi connectivity index (χ0) is 22.1. The molecule has 3 aromatic rings. The van der Waals surface area contributed by atoms with Gasteiger partial charge >= 0.3 is 11.9 Å². The third kappa shape index (κ3) is 6.40. The number of aromatic nitrogens is 1. The summed E-state index contributed by atoms with van der Waals surface area (Å²) in [5.41, 5.74) is 3.61. The molecule has 0 unspecified atom stereocenters. The van der Waals surface area contributed by atoms with Crippen LogP contribution in [0.4, 0.5) is 0 Å². The van der Waals surface area contributed by atoms with E-state index in [-0.39, 0.29) is 0 Å². The van der Waals surface area contributed by atoms with Gasteiger partial charge in [0.05, 0.1) is 6.54 Å². The van der Waals surface area contributed by atoms with Crippen molar-refractivity contribution in [2.75, 3.05) is 13.6 Å². The summed E-state index contributed by atoms with van der Waals surface area (Å²) < 4.78 is 8.13. The Morgan fingerprint density at radius 3 is 2.37 bits per heavy atom. The molecule has 0 radical (unpaired) electrons. The second-order valence-corrected chi connectivity index (χ2v) is 6.68. The first-order valence-electron chi connectivity index (χ1n) is 9.15. The SMILES string of the molecule is C#CCN(C)Cc1cc2cc(OCc3ccccc3)ccc2n1C.O=C(O)C(=O)O. The number of hydrogen-bond acceptors (Lipinski definition) is 4. The molecule has 0 aliphatic heterocycles. The first kappa shape index (κ1) is 22.5. The molecule has 0 fully saturated rings. The van der Waals surface area contributed by atoms with Crippen molar-refractivity contribution in [3.8, 4) is 18.1 Å². The summed E-state index contributed by atoms with van der Waals surface area (Å²) in [4.78, 5) is 20.3. The fourth-order valence-electron chi connectivity index (χ4n) is 2.86. The van der Waals surface area contributed by atoms with E-state index in [9.17, 15) is 0 Å². The number of carboxylic acids is 2. The van der Waals surface area contributed by atoms with E-state index in [4.69, 9.17) is 31.0 Å². The molecule has 0 bridgehead atoms. The van der Waals surface area contributed by atoms with Crippen molar-refractivity contribution >= 4 is 22.8 Å². The second-order valence-electron chi connectivity index (χ2n) is 6.68. The molecule has 3 rings (SSSR count). The molecule has 2 N–H and O–H groups in total. The maximum Gasteiger partial charge on any atom is 0.414 e. The third-order valence-electron chi connectivity index (χ3n) is 4.34. The van der Waals surface area contributed by atoms with Crippen LogP contribution >= 0.6 is 0 Å². The van der Waals surface area contributed by atoms with Gasteiger partial charge in [-0.25, -0.2) is 9.59 Å². The molecule has 0 aliphatic rings. The van der Waals surface area contributed by atoms with Crippen molar-refractivity contribution in [1.29, 1.82) is 0 Å². The van der Waals surface area contributed by atoms with Gasteiger partial charge in [0.1, 0.15) is 12.4 Å². The number of ether oxygens (including phenoxy) is 1. The lowest BCUT2D eigenvalue weighted by atomic mass is 10.2. The lowest BCUT2D eigenvalue weighted by Gasteiger charge is -2.13. The maximum absolute atomic E-state index is 9.10. The minimum atomic E-state index is -1.82. The van der Waals surface area contributed by atoms with Crippen molar-refractivity contribution in [2.45, 2.75) is 13.2 Å². The van der Waals surface area contributed by atoms with Gasteiger partial charge in [-0.1, -0.05) is 36.3 Å². The zero-order valence-electron chi connectivity index (χ0n) is 16.9. The van der Waals surface area contributed by atoms with E-state index in [0.717, 1.165) is 12.3 Å². The molecule has 0 aliphatic carbocycles. The van der Waals surface area contributed by atoms with Crippen LogP contribution in [0.15, 0.2) is 54.6 Å². The van der Waals surface area contributed by atoms with Crippen LogP contribution in [0.2, 0.25) is 0 Å². The van der Waals surface area contributed by atoms with E-state index < -0.39 is 11.9 Å². The van der Waals surface area contributed by atoms with Crippen LogP contribution in [-0.2, 0) is 29.8 Å². The predicted molar refractivity (Wildman–Crippen MR) is 114 cm³/mol. The van der Waals surface area contributed by atoms with Gasteiger partial charge in [0.15, 0.2) is 0 Å². The van der Waals surface area contributed by atoms with Crippen molar-refractivity contribution in [1.82, 2.24) is 9.47 Å². The quantitative estimate of drug-likeness (QED) is 0.481. The average Bonchev–Trinajstić information content (AvgIpc) is 3.02. The monoisotopic (exact) mass is 408 g/mol. The van der Waals surface area contributed by atoms with Crippen LogP contribution in [0.3, 0.4) is 0 Å². The number of hydrogen-bond donors (Lipinski definition) is 2. The van der Waals surface area contributed by atoms with Gasteiger partial charge in [-0.3, -0.25) is 4.90 Å². The molecule has 1 aromatic heterocycles. The van der Waals surface area contributed by atoms with Gasteiger partial charge in [0.2, 0.25) is 0 Å². The summed E-state index contributed by atoms with van der Waals surface area (Å²) in [5.74, 6) is -0.0798. The van der Waals surface area contributed by atoms with Gasteiger partial charge in [0, 0.05) is 30.2 Å². The molecule has 156 valence electrons. The van der Waals surface area contributed by atoms with Crippen LogP contribution in [-0.4, -0.2) is 45.2 Å². The summed E-state index contributed by atoms with van der Waals surface area (Å²) in [6, 6.07) is 18.6. The van der Waals surface area contributed by atoms with Crippen LogP contribution in [0.25, 0.3) is 10.9 Å². The maximum atomic E-state index is 9.10. The molecule has 1 heterocycles. The number of fused-ring (bicyclic) bond motifs is 1. The molecule has 0 spiro atoms. The minimum absolute atomic E-state index is 0.580. The fraction of sp³-hybridized carbons (Fsp3) is 0.217. The number of carbonyl (C=O) groups is 2. The number of rotatable bonds is 6. The Labute approximate surface area is 175 Å². The number of benzene rings is 2. The van der Waals surface area contributed by atoms with Crippen LogP contribution < -0.4 is 4.74 Å². The molecular formula is C23H24N2O5. The van der Waals surface area contributed by atoms with Gasteiger partial charge in [-0.2, -0.15) is 0 Å². The molecule has 2 aromatic carbocycles. The van der Waals surface area contributed by atoms with Crippen molar-refractivity contribution < 1.29 is 24.5 Å². The molecule has 0 atom stereocenters. The fourth-order valence-corrected chi connectivity index (χ4v) is 2.86. The third-order valence-corrected chi connectivity index (χ3v) is 4.34. The van der Waals surface area contributed by atoms with E-state index in [2.05, 4.69) is 52.8 Å². The number of terminal acetylenes is 1. The molecule has 7 nitrogen and oxygen atoms in total. The Balaban J connectivity index is 0.000000469. The Morgan fingerprint density at radius 2 is 1.77 bits per heavy atom. The molecule has 30 heavy (non-hydrogen) atoms. The standard InChI is InChI=1S/C21H22N2O.C2H2O4/c1-4-12-22(2)15-19-13-18-14-20(10-11-21(18)23(19)3)24-16-17-8-6-5-7-9-17;3-1(4)2(5)6/h1,5-11,13-14H,12,15-16H2,2-3H3;(H,3,4)(H,5,6). The minimum Gasteiger partial charge on any atom is -0.489 e. The highest BCUT2D eigenvalue weighted by Crippen LogP contribution is 2.25. The predicted octanol–water partition coefficient (Wildman–Crippen LogP) is 2.98. The smallest absolute Gasteiger partial charge is 0.414 e. The van der Waals surface area contributed by atoms with E-state index in [1.54, 1.807) is 0 Å². The average molecular weight is 408 g/mol. The summed E-state index contributed by atoms with van der Waals surface area (Å²) >= 11 is 0. The van der Waals surface area contributed by atoms with Crippen LogP contribution in [0.5, 0.6) is 5.75 Å². The molecule has 7 heteroatoms. The van der Waals surface area contributed by atoms with Gasteiger partial charge < -0.3 is 19.5 Å². The zero-order valence-corrected chi connectivity index (χ0v) is 16.9. The summed E-state index contributed by atoms with van der Waals surface area (Å²) in [7, 11) is 4.12. The lowest BCUT2D eigenvalue weighted by Crippen LogP contribution is -2.19. The number of aliphatic carboxylic acids is 2. The van der Waals surface area contributed by atoms with Crippen molar-refractivity contribution in [2.24, 2.45) is 7.05 Å². The Morgan fingerprint density at radius 1 is 1.10 bits per heavy atom. The highest BCUT2D eigenvalue weighted by Gasteiger charge is 2.09. The topological polar surface area (TPSA) is 92.0 Å². The Bertz CT molecular complexity index is 1040. The van der Waals surface area contributed by atoms with Gasteiger partial charge in [-0.15, -0.1) is 6.42 Å². The van der Waals surface area contributed by atoms with Crippen LogP contribution in [0, 0.1) is 12.3 Å². The van der Waals surface area contributed by atoms with Crippen molar-refractivity contribution in [3.05, 3.63) is 65.9 Å². The van der Waals surface area contributed by atoms with Crippen molar-refractivity contribution in [3.63, 3.8) is 0 Å². The first-order valence-corrected chi connectivity index (χ1v) is 9.15. The lowest BCUT2D eigenvalue weighted by molar-refractivity contribution is -0.159. The number of aryl methyl sites for hydroxylation is 1. The molecule has 0 saturated carbocycles. The molecular weight excluding hydrogens is 384 g/mol. The Hall–Kier alpha value is -3.76.